The molecule has 2 aliphatic heterocycles. The van der Waals surface area contributed by atoms with Crippen molar-refractivity contribution in [3.8, 4) is 50.6 Å². The lowest BCUT2D eigenvalue weighted by molar-refractivity contribution is -0.132. The first-order valence-corrected chi connectivity index (χ1v) is 20.1. The number of carbonyl (C=O) groups is 3. The summed E-state index contributed by atoms with van der Waals surface area (Å²) in [6.45, 7) is 0. The van der Waals surface area contributed by atoms with Crippen LogP contribution >= 0.6 is 22.7 Å². The van der Waals surface area contributed by atoms with E-state index in [2.05, 4.69) is 53.4 Å². The smallest absolute Gasteiger partial charge is 0.346 e. The molecule has 1 N–H and O–H groups in total. The van der Waals surface area contributed by atoms with E-state index in [4.69, 9.17) is 24.2 Å². The average Bonchev–Trinajstić information content (AvgIpc) is 4.07. The highest BCUT2D eigenvalue weighted by molar-refractivity contribution is 7.17. The minimum Gasteiger partial charge on any atom is -0.497 e. The number of ether oxygens (including phenoxy) is 4. The number of carbonyl (C=O) groups excluding carboxylic acids is 2. The van der Waals surface area contributed by atoms with Gasteiger partial charge in [-0.2, -0.15) is 5.26 Å². The second kappa shape index (κ2) is 15.6. The summed E-state index contributed by atoms with van der Waals surface area (Å²) in [5, 5.41) is 19.3. The fourth-order valence-electron chi connectivity index (χ4n) is 7.12. The van der Waals surface area contributed by atoms with Gasteiger partial charge in [-0.05, 0) is 120 Å². The van der Waals surface area contributed by atoms with E-state index in [1.54, 1.807) is 44.6 Å². The number of anilines is 3. The second-order valence-electron chi connectivity index (χ2n) is 13.6. The molecule has 0 spiro atoms. The molecule has 9 rings (SSSR count). The summed E-state index contributed by atoms with van der Waals surface area (Å²) in [6, 6.07) is 44.6. The Kier molecular flexibility index (Phi) is 9.81. The van der Waals surface area contributed by atoms with Gasteiger partial charge in [-0.25, -0.2) is 14.4 Å². The van der Waals surface area contributed by atoms with Crippen LogP contribution in [0, 0.1) is 11.3 Å². The lowest BCUT2D eigenvalue weighted by Crippen LogP contribution is -2.10. The molecule has 0 aliphatic carbocycles. The van der Waals surface area contributed by atoms with Gasteiger partial charge in [-0.15, -0.1) is 22.7 Å². The molecule has 5 aromatic carbocycles. The normalized spacial score (nSPS) is 13.0. The molecule has 0 bridgehead atoms. The number of benzene rings is 5. The molecule has 2 aromatic heterocycles. The molecule has 0 radical (unpaired) electrons. The highest BCUT2D eigenvalue weighted by Crippen LogP contribution is 2.39. The van der Waals surface area contributed by atoms with Gasteiger partial charge in [-0.1, -0.05) is 36.4 Å². The number of thiophene rings is 2. The molecule has 7 aromatic rings. The number of carboxylic acids is 1. The van der Waals surface area contributed by atoms with E-state index in [-0.39, 0.29) is 11.3 Å². The fraction of sp³-hybridized carbons (Fsp3) is 0.0417. The van der Waals surface area contributed by atoms with Gasteiger partial charge in [0, 0.05) is 47.0 Å². The molecule has 0 saturated carbocycles. The van der Waals surface area contributed by atoms with E-state index >= 15 is 0 Å². The van der Waals surface area contributed by atoms with Gasteiger partial charge in [0.25, 0.3) is 0 Å². The third-order valence-electron chi connectivity index (χ3n) is 10.1. The number of carboxylic acid groups (broad SMARTS) is 1. The molecular weight excluding hydrogens is 797 g/mol. The summed E-state index contributed by atoms with van der Waals surface area (Å²) in [7, 11) is 3.30. The lowest BCUT2D eigenvalue weighted by atomic mass is 10.0. The van der Waals surface area contributed by atoms with E-state index in [9.17, 15) is 19.5 Å². The Morgan fingerprint density at radius 2 is 1.05 bits per heavy atom. The van der Waals surface area contributed by atoms with Crippen LogP contribution in [0.2, 0.25) is 0 Å². The predicted octanol–water partition coefficient (Wildman–Crippen LogP) is 8.86. The van der Waals surface area contributed by atoms with Gasteiger partial charge < -0.3 is 29.0 Å². The number of rotatable bonds is 11. The maximum Gasteiger partial charge on any atom is 0.346 e. The summed E-state index contributed by atoms with van der Waals surface area (Å²) in [4.78, 5) is 42.6. The van der Waals surface area contributed by atoms with Crippen molar-refractivity contribution in [2.75, 3.05) is 19.1 Å². The fourth-order valence-corrected chi connectivity index (χ4v) is 9.18. The SMILES string of the molecule is COc1ccc(N(c2ccc(OC)cc2)c2ccc(-c3ccc(-c4ccc(C5=c6cc7c(cc6OC5=O)=C(c5ccc(/C=C(\C#N)C(=O)O)s5)C(=O)O7)s4)cc3)cc2)cc1. The van der Waals surface area contributed by atoms with Crippen molar-refractivity contribution in [1.29, 1.82) is 5.26 Å². The first kappa shape index (κ1) is 37.8. The molecular formula is C48H30N2O8S2. The standard InChI is InChI=1S/C48H30N2O8S2/c1-55-34-15-11-32(12-16-34)50(33-13-17-35(56-2)18-14-33)31-9-7-28(8-10-31)27-3-5-29(6-4-27)41-21-22-43(60-41)45-38-25-39-37(24-40(38)58-48(45)54)44(47(53)57-39)42-20-19-36(59-42)23-30(26-49)46(51)52/h3-25H,1-2H3,(H,51,52)/b30-23+. The predicted molar refractivity (Wildman–Crippen MR) is 231 cm³/mol. The van der Waals surface area contributed by atoms with Crippen LogP contribution < -0.4 is 34.3 Å². The van der Waals surface area contributed by atoms with E-state index in [1.807, 2.05) is 60.7 Å². The zero-order valence-corrected chi connectivity index (χ0v) is 33.4. The minimum atomic E-state index is -1.34. The van der Waals surface area contributed by atoms with Gasteiger partial charge in [0.15, 0.2) is 0 Å². The molecule has 292 valence electrons. The number of methoxy groups -OCH3 is 2. The van der Waals surface area contributed by atoms with Gasteiger partial charge >= 0.3 is 17.9 Å². The van der Waals surface area contributed by atoms with Gasteiger partial charge in [0.05, 0.1) is 25.4 Å². The van der Waals surface area contributed by atoms with Crippen molar-refractivity contribution in [2.24, 2.45) is 0 Å². The van der Waals surface area contributed by atoms with Crippen molar-refractivity contribution < 1.29 is 38.4 Å². The van der Waals surface area contributed by atoms with Crippen LogP contribution in [0.25, 0.3) is 38.8 Å². The maximum absolute atomic E-state index is 13.3. The number of hydrogen-bond acceptors (Lipinski definition) is 11. The van der Waals surface area contributed by atoms with Crippen LogP contribution in [-0.4, -0.2) is 37.2 Å². The number of hydrogen-bond donors (Lipinski definition) is 1. The van der Waals surface area contributed by atoms with E-state index < -0.39 is 23.5 Å². The van der Waals surface area contributed by atoms with Crippen molar-refractivity contribution in [3.63, 3.8) is 0 Å². The largest absolute Gasteiger partial charge is 0.497 e. The van der Waals surface area contributed by atoms with Crippen LogP contribution in [0.1, 0.15) is 14.6 Å². The highest BCUT2D eigenvalue weighted by Gasteiger charge is 2.32. The molecule has 10 nitrogen and oxygen atoms in total. The average molecular weight is 827 g/mol. The molecule has 0 amide bonds. The second-order valence-corrected chi connectivity index (χ2v) is 15.8. The Morgan fingerprint density at radius 1 is 0.617 bits per heavy atom. The number of nitriles is 1. The quantitative estimate of drug-likeness (QED) is 0.0583. The van der Waals surface area contributed by atoms with Crippen LogP contribution in [0.3, 0.4) is 0 Å². The van der Waals surface area contributed by atoms with Crippen molar-refractivity contribution in [1.82, 2.24) is 0 Å². The van der Waals surface area contributed by atoms with Gasteiger partial charge in [0.1, 0.15) is 34.6 Å². The summed E-state index contributed by atoms with van der Waals surface area (Å²) in [5.41, 5.74) is 6.26. The third-order valence-corrected chi connectivity index (χ3v) is 12.3. The zero-order chi connectivity index (χ0) is 41.5. The Balaban J connectivity index is 0.977. The molecule has 4 heterocycles. The van der Waals surface area contributed by atoms with Crippen molar-refractivity contribution in [2.45, 2.75) is 0 Å². The lowest BCUT2D eigenvalue weighted by Gasteiger charge is -2.26. The minimum absolute atomic E-state index is 0.262. The Bertz CT molecular complexity index is 3020. The molecule has 2 aliphatic rings. The number of nitrogens with zero attached hydrogens (tertiary/aromatic N) is 2. The summed E-state index contributed by atoms with van der Waals surface area (Å²) < 4.78 is 22.2. The summed E-state index contributed by atoms with van der Waals surface area (Å²) >= 11 is 2.60. The Morgan fingerprint density at radius 3 is 1.53 bits per heavy atom. The Labute approximate surface area is 351 Å². The van der Waals surface area contributed by atoms with Crippen molar-refractivity contribution >= 4 is 74.9 Å². The number of esters is 2. The Hall–Kier alpha value is -7.72. The first-order valence-electron chi connectivity index (χ1n) is 18.4. The molecule has 0 unspecified atom stereocenters. The summed E-state index contributed by atoms with van der Waals surface area (Å²) in [6.07, 6.45) is 1.25. The number of aliphatic carboxylic acids is 1. The highest BCUT2D eigenvalue weighted by atomic mass is 32.1. The van der Waals surface area contributed by atoms with Crippen LogP contribution in [0.4, 0.5) is 17.1 Å². The molecule has 0 fully saturated rings. The van der Waals surface area contributed by atoms with E-state index in [0.29, 0.717) is 36.4 Å². The van der Waals surface area contributed by atoms with Gasteiger partial charge in [-0.3, -0.25) is 0 Å². The topological polar surface area (TPSA) is 135 Å². The third kappa shape index (κ3) is 6.98. The maximum atomic E-state index is 13.3. The first-order chi connectivity index (χ1) is 29.2. The van der Waals surface area contributed by atoms with E-state index in [0.717, 1.165) is 61.5 Å². The monoisotopic (exact) mass is 826 g/mol. The van der Waals surface area contributed by atoms with Crippen molar-refractivity contribution in [3.05, 3.63) is 164 Å². The van der Waals surface area contributed by atoms with Gasteiger partial charge in [0.2, 0.25) is 0 Å². The number of fused-ring (bicyclic) bond motifs is 2. The molecule has 60 heavy (non-hydrogen) atoms. The van der Waals surface area contributed by atoms with Crippen LogP contribution in [0.5, 0.6) is 23.0 Å². The molecule has 12 heteroatoms. The molecule has 0 saturated heterocycles. The summed E-state index contributed by atoms with van der Waals surface area (Å²) in [5.74, 6) is -0.285. The van der Waals surface area contributed by atoms with Crippen LogP contribution in [0.15, 0.2) is 139 Å². The van der Waals surface area contributed by atoms with Crippen LogP contribution in [-0.2, 0) is 14.4 Å². The zero-order valence-electron chi connectivity index (χ0n) is 31.8. The molecule has 0 atom stereocenters. The van der Waals surface area contributed by atoms with E-state index in [1.165, 1.54) is 17.4 Å².